The number of hydrogen-bond donors (Lipinski definition) is 0. The van der Waals surface area contributed by atoms with E-state index in [-0.39, 0.29) is 0 Å². The number of ether oxygens (including phenoxy) is 1. The summed E-state index contributed by atoms with van der Waals surface area (Å²) in [4.78, 5) is 3.30. The average molecular weight is 287 g/mol. The Bertz CT molecular complexity index is 483. The highest BCUT2D eigenvalue weighted by Crippen LogP contribution is 2.39. The molecule has 0 atom stereocenters. The van der Waals surface area contributed by atoms with E-state index in [1.807, 2.05) is 0 Å². The number of hydrogen-bond acceptors (Lipinski definition) is 3. The van der Waals surface area contributed by atoms with Crippen molar-refractivity contribution in [2.24, 2.45) is 0 Å². The number of nitriles is 1. The molecule has 0 radical (unpaired) electrons. The van der Waals surface area contributed by atoms with Gasteiger partial charge in [0.25, 0.3) is 6.43 Å². The van der Waals surface area contributed by atoms with Crippen molar-refractivity contribution < 1.29 is 26.7 Å². The Labute approximate surface area is 103 Å². The Morgan fingerprint density at radius 3 is 2.50 bits per heavy atom. The highest BCUT2D eigenvalue weighted by atomic mass is 35.5. The van der Waals surface area contributed by atoms with Crippen LogP contribution < -0.4 is 4.74 Å². The van der Waals surface area contributed by atoms with Gasteiger partial charge in [0.2, 0.25) is 0 Å². The Morgan fingerprint density at radius 1 is 1.44 bits per heavy atom. The number of pyridine rings is 1. The number of nitrogens with zero attached hydrogens (tertiary/aromatic N) is 2. The lowest BCUT2D eigenvalue weighted by atomic mass is 10.1. The van der Waals surface area contributed by atoms with Crippen LogP contribution in [0.2, 0.25) is 5.15 Å². The largest absolute Gasteiger partial charge is 0.573 e. The molecule has 0 aliphatic heterocycles. The highest BCUT2D eigenvalue weighted by Gasteiger charge is 2.35. The molecule has 0 aliphatic carbocycles. The molecule has 0 unspecified atom stereocenters. The SMILES string of the molecule is N#CCc1cnc(Cl)c(C(F)F)c1OC(F)(F)F. The standard InChI is InChI=1S/C9H4ClF5N2O/c10-7-5(8(11)12)6(18-9(13,14)15)4(1-2-16)3-17-7/h3,8H,1H2. The Morgan fingerprint density at radius 2 is 2.06 bits per heavy atom. The van der Waals surface area contributed by atoms with Gasteiger partial charge in [0.05, 0.1) is 18.1 Å². The summed E-state index contributed by atoms with van der Waals surface area (Å²) < 4.78 is 65.1. The lowest BCUT2D eigenvalue weighted by Crippen LogP contribution is -2.20. The maximum atomic E-state index is 12.6. The third kappa shape index (κ3) is 3.43. The summed E-state index contributed by atoms with van der Waals surface area (Å²) in [5.41, 5.74) is -1.59. The van der Waals surface area contributed by atoms with Crippen LogP contribution in [-0.4, -0.2) is 11.3 Å². The molecule has 1 aromatic heterocycles. The molecule has 9 heteroatoms. The summed E-state index contributed by atoms with van der Waals surface area (Å²) in [6, 6.07) is 1.52. The van der Waals surface area contributed by atoms with Gasteiger partial charge in [-0.2, -0.15) is 5.26 Å². The van der Waals surface area contributed by atoms with Crippen LogP contribution in [0.25, 0.3) is 0 Å². The lowest BCUT2D eigenvalue weighted by molar-refractivity contribution is -0.275. The molecular weight excluding hydrogens is 283 g/mol. The van der Waals surface area contributed by atoms with Crippen molar-refractivity contribution >= 4 is 11.6 Å². The quantitative estimate of drug-likeness (QED) is 0.629. The van der Waals surface area contributed by atoms with E-state index in [0.29, 0.717) is 0 Å². The zero-order valence-corrected chi connectivity index (χ0v) is 9.19. The molecule has 0 fully saturated rings. The van der Waals surface area contributed by atoms with Crippen LogP contribution >= 0.6 is 11.6 Å². The van der Waals surface area contributed by atoms with E-state index < -0.39 is 41.2 Å². The average Bonchev–Trinajstić information content (AvgIpc) is 2.19. The molecule has 98 valence electrons. The van der Waals surface area contributed by atoms with Gasteiger partial charge in [-0.1, -0.05) is 11.6 Å². The molecule has 1 rings (SSSR count). The maximum absolute atomic E-state index is 12.6. The van der Waals surface area contributed by atoms with E-state index >= 15 is 0 Å². The predicted octanol–water partition coefficient (Wildman–Crippen LogP) is 3.64. The smallest absolute Gasteiger partial charge is 0.405 e. The first-order valence-electron chi connectivity index (χ1n) is 4.34. The van der Waals surface area contributed by atoms with E-state index in [2.05, 4.69) is 9.72 Å². The molecule has 0 aromatic carbocycles. The molecule has 0 spiro atoms. The molecule has 0 aliphatic rings. The fraction of sp³-hybridized carbons (Fsp3) is 0.333. The van der Waals surface area contributed by atoms with E-state index in [0.717, 1.165) is 6.20 Å². The third-order valence-electron chi connectivity index (χ3n) is 1.80. The third-order valence-corrected chi connectivity index (χ3v) is 2.10. The van der Waals surface area contributed by atoms with Crippen LogP contribution in [0.3, 0.4) is 0 Å². The Kier molecular flexibility index (Phi) is 4.29. The maximum Gasteiger partial charge on any atom is 0.573 e. The summed E-state index contributed by atoms with van der Waals surface area (Å²) in [7, 11) is 0. The van der Waals surface area contributed by atoms with Crippen molar-refractivity contribution in [1.29, 1.82) is 5.26 Å². The molecule has 0 saturated carbocycles. The molecule has 0 bridgehead atoms. The predicted molar refractivity (Wildman–Crippen MR) is 50.2 cm³/mol. The van der Waals surface area contributed by atoms with Gasteiger partial charge in [-0.15, -0.1) is 13.2 Å². The molecule has 18 heavy (non-hydrogen) atoms. The second kappa shape index (κ2) is 5.35. The van der Waals surface area contributed by atoms with Crippen molar-refractivity contribution in [1.82, 2.24) is 4.98 Å². The van der Waals surface area contributed by atoms with Crippen LogP contribution in [0.15, 0.2) is 6.20 Å². The lowest BCUT2D eigenvalue weighted by Gasteiger charge is -2.16. The van der Waals surface area contributed by atoms with E-state index in [1.54, 1.807) is 0 Å². The van der Waals surface area contributed by atoms with Gasteiger partial charge in [-0.25, -0.2) is 13.8 Å². The van der Waals surface area contributed by atoms with Gasteiger partial charge >= 0.3 is 6.36 Å². The number of rotatable bonds is 3. The van der Waals surface area contributed by atoms with Gasteiger partial charge in [0, 0.05) is 11.8 Å². The summed E-state index contributed by atoms with van der Waals surface area (Å²) >= 11 is 5.30. The van der Waals surface area contributed by atoms with Crippen LogP contribution in [0.4, 0.5) is 22.0 Å². The van der Waals surface area contributed by atoms with Crippen molar-refractivity contribution in [2.75, 3.05) is 0 Å². The Balaban J connectivity index is 3.39. The van der Waals surface area contributed by atoms with E-state index in [4.69, 9.17) is 16.9 Å². The van der Waals surface area contributed by atoms with Crippen molar-refractivity contribution in [3.63, 3.8) is 0 Å². The Hall–Kier alpha value is -1.62. The molecule has 0 N–H and O–H groups in total. The van der Waals surface area contributed by atoms with Gasteiger partial charge in [0.15, 0.2) is 0 Å². The van der Waals surface area contributed by atoms with Gasteiger partial charge in [0.1, 0.15) is 10.9 Å². The molecule has 0 saturated heterocycles. The van der Waals surface area contributed by atoms with E-state index in [9.17, 15) is 22.0 Å². The first-order chi connectivity index (χ1) is 8.26. The second-order valence-electron chi connectivity index (χ2n) is 3.00. The molecular formula is C9H4ClF5N2O. The molecule has 1 heterocycles. The summed E-state index contributed by atoms with van der Waals surface area (Å²) in [5.74, 6) is -1.17. The summed E-state index contributed by atoms with van der Waals surface area (Å²) in [6.07, 6.45) is -8.24. The topological polar surface area (TPSA) is 45.9 Å². The van der Waals surface area contributed by atoms with Crippen LogP contribution in [0.1, 0.15) is 17.6 Å². The molecule has 3 nitrogen and oxygen atoms in total. The van der Waals surface area contributed by atoms with Gasteiger partial charge in [-0.05, 0) is 0 Å². The monoisotopic (exact) mass is 286 g/mol. The van der Waals surface area contributed by atoms with Crippen molar-refractivity contribution in [3.8, 4) is 11.8 Å². The number of aromatic nitrogens is 1. The second-order valence-corrected chi connectivity index (χ2v) is 3.36. The summed E-state index contributed by atoms with van der Waals surface area (Å²) in [5, 5.41) is 7.61. The highest BCUT2D eigenvalue weighted by molar-refractivity contribution is 6.30. The summed E-state index contributed by atoms with van der Waals surface area (Å²) in [6.45, 7) is 0. The van der Waals surface area contributed by atoms with Crippen LogP contribution in [0.5, 0.6) is 5.75 Å². The van der Waals surface area contributed by atoms with Crippen LogP contribution in [0, 0.1) is 11.3 Å². The van der Waals surface area contributed by atoms with Gasteiger partial charge in [-0.3, -0.25) is 0 Å². The van der Waals surface area contributed by atoms with Crippen molar-refractivity contribution in [2.45, 2.75) is 19.2 Å². The number of alkyl halides is 5. The minimum atomic E-state index is -5.17. The molecule has 0 amide bonds. The van der Waals surface area contributed by atoms with Crippen molar-refractivity contribution in [3.05, 3.63) is 22.5 Å². The van der Waals surface area contributed by atoms with E-state index in [1.165, 1.54) is 6.07 Å². The fourth-order valence-electron chi connectivity index (χ4n) is 1.17. The zero-order chi connectivity index (χ0) is 13.9. The zero-order valence-electron chi connectivity index (χ0n) is 8.43. The molecule has 1 aromatic rings. The fourth-order valence-corrected chi connectivity index (χ4v) is 1.38. The normalized spacial score (nSPS) is 11.4. The minimum Gasteiger partial charge on any atom is -0.405 e. The first kappa shape index (κ1) is 14.4. The van der Waals surface area contributed by atoms with Crippen LogP contribution in [-0.2, 0) is 6.42 Å². The van der Waals surface area contributed by atoms with Gasteiger partial charge < -0.3 is 4.74 Å². The minimum absolute atomic E-state index is 0.408. The first-order valence-corrected chi connectivity index (χ1v) is 4.72. The number of halogens is 6.